The number of likely N-dealkylation sites (N-methyl/N-ethyl adjacent to an activating group) is 1. The average Bonchev–Trinajstić information content (AvgIpc) is 3.55. The Balaban J connectivity index is 1.19. The van der Waals surface area contributed by atoms with E-state index in [0.717, 1.165) is 7.05 Å². The Morgan fingerprint density at radius 2 is 1.78 bits per heavy atom. The lowest BCUT2D eigenvalue weighted by atomic mass is 9.88. The number of thiazole rings is 1. The quantitative estimate of drug-likeness (QED) is 0.113. The fraction of sp³-hybridized carbons (Fsp3) is 0.479. The number of allylic oxidation sites excluding steroid dienone is 1. The van der Waals surface area contributed by atoms with Gasteiger partial charge in [0, 0.05) is 53.7 Å². The number of ether oxygens (including phenoxy) is 3. The van der Waals surface area contributed by atoms with Gasteiger partial charge in [-0.15, -0.1) is 11.3 Å². The van der Waals surface area contributed by atoms with Gasteiger partial charge < -0.3 is 40.2 Å². The number of amides is 4. The number of pyridine rings is 1. The molecule has 4 aromatic rings. The van der Waals surface area contributed by atoms with E-state index in [-0.39, 0.29) is 36.7 Å². The van der Waals surface area contributed by atoms with Crippen LogP contribution in [0.25, 0.3) is 22.3 Å². The molecule has 6 atom stereocenters. The Morgan fingerprint density at radius 3 is 2.47 bits per heavy atom. The molecule has 0 spiro atoms. The number of rotatable bonds is 12. The molecule has 1 saturated carbocycles. The number of carbonyl (C=O) groups is 5. The summed E-state index contributed by atoms with van der Waals surface area (Å²) in [7, 11) is -1.69. The largest absolute Gasteiger partial charge is 0.497 e. The van der Waals surface area contributed by atoms with Gasteiger partial charge in [0.25, 0.3) is 15.9 Å². The molecule has 1 aliphatic carbocycles. The topological polar surface area (TPSA) is 236 Å². The van der Waals surface area contributed by atoms with E-state index >= 15 is 0 Å². The highest BCUT2D eigenvalue weighted by Gasteiger charge is 2.61. The number of carboxylic acid groups (broad SMARTS) is 1. The summed E-state index contributed by atoms with van der Waals surface area (Å²) in [6.45, 7) is 8.72. The molecule has 3 aliphatic rings. The number of hydrogen-bond acceptors (Lipinski definition) is 14. The van der Waals surface area contributed by atoms with Crippen LogP contribution in [0.2, 0.25) is 0 Å². The van der Waals surface area contributed by atoms with E-state index in [1.165, 1.54) is 40.5 Å². The fourth-order valence-corrected chi connectivity index (χ4v) is 10.5. The lowest BCUT2D eigenvalue weighted by Crippen LogP contribution is -2.57. The van der Waals surface area contributed by atoms with Crippen molar-refractivity contribution >= 4 is 67.2 Å². The third-order valence-electron chi connectivity index (χ3n) is 12.3. The lowest BCUT2D eigenvalue weighted by molar-refractivity contribution is -0.145. The first-order valence-corrected chi connectivity index (χ1v) is 25.0. The van der Waals surface area contributed by atoms with Crippen molar-refractivity contribution in [2.45, 2.75) is 120 Å². The van der Waals surface area contributed by atoms with E-state index in [9.17, 15) is 37.5 Å². The molecule has 18 nitrogen and oxygen atoms in total. The molecule has 4 heterocycles. The minimum absolute atomic E-state index is 0.0395. The molecule has 2 aliphatic heterocycles. The summed E-state index contributed by atoms with van der Waals surface area (Å²) in [5.41, 5.74) is -1.03. The van der Waals surface area contributed by atoms with E-state index in [4.69, 9.17) is 24.2 Å². The molecule has 20 heteroatoms. The van der Waals surface area contributed by atoms with Crippen LogP contribution in [0.3, 0.4) is 0 Å². The smallest absolute Gasteiger partial charge is 0.408 e. The van der Waals surface area contributed by atoms with Gasteiger partial charge in [-0.3, -0.25) is 14.4 Å². The molecule has 0 radical (unpaired) electrons. The maximum atomic E-state index is 15.0. The van der Waals surface area contributed by atoms with Crippen molar-refractivity contribution < 1.29 is 51.7 Å². The van der Waals surface area contributed by atoms with Crippen molar-refractivity contribution in [1.29, 1.82) is 0 Å². The summed E-state index contributed by atoms with van der Waals surface area (Å²) in [6.07, 6.45) is 2.86. The number of benzene rings is 2. The molecular weight excluding hydrogens is 915 g/mol. The number of alkyl carbamates (subject to hydrolysis) is 1. The molecule has 7 rings (SSSR count). The van der Waals surface area contributed by atoms with Crippen LogP contribution in [0.5, 0.6) is 11.5 Å². The van der Waals surface area contributed by atoms with Crippen LogP contribution in [-0.2, 0) is 33.9 Å². The molecule has 68 heavy (non-hydrogen) atoms. The van der Waals surface area contributed by atoms with Gasteiger partial charge in [-0.25, -0.2) is 32.3 Å². The molecule has 4 N–H and O–H groups in total. The number of methoxy groups -OCH3 is 1. The number of hydrogen-bond donors (Lipinski definition) is 4. The Bertz CT molecular complexity index is 2690. The van der Waals surface area contributed by atoms with Gasteiger partial charge in [0.05, 0.1) is 29.8 Å². The lowest BCUT2D eigenvalue weighted by Gasteiger charge is -2.33. The van der Waals surface area contributed by atoms with Gasteiger partial charge in [-0.05, 0) is 63.8 Å². The second-order valence-corrected chi connectivity index (χ2v) is 21.6. The van der Waals surface area contributed by atoms with Crippen LogP contribution in [-0.4, -0.2) is 119 Å². The number of nitrogens with one attached hydrogen (secondary N) is 3. The summed E-state index contributed by atoms with van der Waals surface area (Å²) in [4.78, 5) is 80.8. The highest BCUT2D eigenvalue weighted by molar-refractivity contribution is 7.89. The van der Waals surface area contributed by atoms with Crippen molar-refractivity contribution in [1.82, 2.24) is 29.8 Å². The van der Waals surface area contributed by atoms with E-state index in [2.05, 4.69) is 16.0 Å². The van der Waals surface area contributed by atoms with Crippen molar-refractivity contribution in [3.8, 4) is 22.9 Å². The van der Waals surface area contributed by atoms with Gasteiger partial charge in [-0.2, -0.15) is 0 Å². The first-order valence-electron chi connectivity index (χ1n) is 22.7. The molecule has 2 fully saturated rings. The van der Waals surface area contributed by atoms with Crippen LogP contribution in [0, 0.1) is 11.3 Å². The zero-order chi connectivity index (χ0) is 49.1. The fourth-order valence-electron chi connectivity index (χ4n) is 8.48. The summed E-state index contributed by atoms with van der Waals surface area (Å²) >= 11 is 1.42. The summed E-state index contributed by atoms with van der Waals surface area (Å²) in [5.74, 6) is -3.05. The number of anilines is 1. The number of aromatic nitrogens is 2. The molecule has 0 bridgehead atoms. The molecule has 364 valence electrons. The predicted octanol–water partition coefficient (Wildman–Crippen LogP) is 6.37. The Hall–Kier alpha value is -6.28. The van der Waals surface area contributed by atoms with E-state index in [1.54, 1.807) is 58.2 Å². The number of nitrogens with zero attached hydrogens (tertiary/aromatic N) is 4. The standard InChI is InChI=1S/C48H59N7O11S2/c1-28(2)49-45-51-37(27-67-45)36-24-39(33-21-20-30(64-7)22-35(33)50-36)65-31-23-38-41(56)53-48(44(59)60)25-29(48)16-12-9-8-10-15-19-34(42(57)55(38)26-31)52-46(61)66-40(47(3,4)5)43(58)54(6)68(62,63)32-17-13-11-14-18-32/h11-14,16-18,20-22,24,27-29,31,34,38,40H,8-10,15,19,23,25-26H2,1-7H3,(H,49,51)(H,52,61)(H,53,56)(H,59,60)/t29?,31-,34+,38+,40-,48-/m1/s1. The normalized spacial score (nSPS) is 22.7. The van der Waals surface area contributed by atoms with Crippen LogP contribution in [0.4, 0.5) is 9.93 Å². The highest BCUT2D eigenvalue weighted by Crippen LogP contribution is 2.46. The monoisotopic (exact) mass is 973 g/mol. The summed E-state index contributed by atoms with van der Waals surface area (Å²) in [6, 6.07) is 12.1. The van der Waals surface area contributed by atoms with Crippen molar-refractivity contribution in [3.05, 3.63) is 72.1 Å². The number of aliphatic carboxylic acids is 1. The van der Waals surface area contributed by atoms with E-state index in [0.29, 0.717) is 68.9 Å². The summed E-state index contributed by atoms with van der Waals surface area (Å²) < 4.78 is 45.5. The number of fused-ring (bicyclic) bond motifs is 3. The first-order chi connectivity index (χ1) is 32.2. The Kier molecular flexibility index (Phi) is 14.7. The zero-order valence-corrected chi connectivity index (χ0v) is 40.8. The maximum Gasteiger partial charge on any atom is 0.408 e. The number of carboxylic acids is 1. The molecular formula is C48H59N7O11S2. The Labute approximate surface area is 399 Å². The van der Waals surface area contributed by atoms with Crippen molar-refractivity contribution in [2.24, 2.45) is 11.3 Å². The van der Waals surface area contributed by atoms with Crippen LogP contribution >= 0.6 is 11.3 Å². The van der Waals surface area contributed by atoms with Gasteiger partial charge >= 0.3 is 12.1 Å². The molecule has 4 amide bonds. The molecule has 2 aromatic carbocycles. The van der Waals surface area contributed by atoms with Crippen LogP contribution in [0.15, 0.2) is 77.0 Å². The van der Waals surface area contributed by atoms with Crippen LogP contribution in [0.1, 0.15) is 79.6 Å². The molecule has 1 unspecified atom stereocenters. The summed E-state index contributed by atoms with van der Waals surface area (Å²) in [5, 5.41) is 22.3. The minimum Gasteiger partial charge on any atom is -0.497 e. The zero-order valence-electron chi connectivity index (χ0n) is 39.2. The van der Waals surface area contributed by atoms with Gasteiger partial charge in [-0.1, -0.05) is 64.0 Å². The number of sulfonamides is 1. The molecule has 2 aromatic heterocycles. The van der Waals surface area contributed by atoms with Gasteiger partial charge in [0.1, 0.15) is 40.9 Å². The van der Waals surface area contributed by atoms with Crippen LogP contribution < -0.4 is 25.4 Å². The SMILES string of the molecule is COc1ccc2c(O[C@@H]3C[C@H]4C(=O)N[C@]5(C(=O)O)CC5C=CCCCCC[C@H](NC(=O)O[C@H](C(=O)N(C)S(=O)(=O)c5ccccc5)C(C)(C)C)C(=O)N4C3)cc(-c3csc(NC(C)C)n3)nc2c1. The number of carbonyl (C=O) groups excluding carboxylic acids is 4. The highest BCUT2D eigenvalue weighted by atomic mass is 32.2. The third-order valence-corrected chi connectivity index (χ3v) is 14.9. The third kappa shape index (κ3) is 10.9. The minimum atomic E-state index is -4.33. The first kappa shape index (κ1) is 49.6. The average molecular weight is 974 g/mol. The van der Waals surface area contributed by atoms with Gasteiger partial charge in [0.15, 0.2) is 11.2 Å². The maximum absolute atomic E-state index is 15.0. The van der Waals surface area contributed by atoms with Crippen molar-refractivity contribution in [2.75, 3.05) is 26.0 Å². The second-order valence-electron chi connectivity index (χ2n) is 18.8. The van der Waals surface area contributed by atoms with Crippen molar-refractivity contribution in [3.63, 3.8) is 0 Å². The Morgan fingerprint density at radius 1 is 1.03 bits per heavy atom. The van der Waals surface area contributed by atoms with Gasteiger partial charge in [0.2, 0.25) is 11.8 Å². The van der Waals surface area contributed by atoms with E-state index in [1.807, 2.05) is 31.4 Å². The van der Waals surface area contributed by atoms with E-state index < -0.39 is 81.0 Å². The predicted molar refractivity (Wildman–Crippen MR) is 255 cm³/mol. The second kappa shape index (κ2) is 20.1. The molecule has 1 saturated heterocycles.